The van der Waals surface area contributed by atoms with Crippen LogP contribution in [0.4, 0.5) is 0 Å². The molecule has 0 aliphatic heterocycles. The maximum absolute atomic E-state index is 11.4. The van der Waals surface area contributed by atoms with Crippen LogP contribution in [0, 0.1) is 13.8 Å². The minimum absolute atomic E-state index is 0.0194. The Labute approximate surface area is 88.6 Å². The molecule has 0 unspecified atom stereocenters. The quantitative estimate of drug-likeness (QED) is 0.752. The zero-order valence-corrected chi connectivity index (χ0v) is 8.87. The number of aromatic nitrogens is 1. The van der Waals surface area contributed by atoms with E-state index in [0.717, 1.165) is 16.8 Å². The van der Waals surface area contributed by atoms with Crippen LogP contribution in [0.2, 0.25) is 0 Å². The normalized spacial score (nSPS) is 10.3. The first kappa shape index (κ1) is 9.71. The Balaban J connectivity index is 2.55. The molecule has 2 rings (SSSR count). The molecule has 2 aromatic rings. The van der Waals surface area contributed by atoms with Crippen LogP contribution in [0.15, 0.2) is 41.2 Å². The van der Waals surface area contributed by atoms with Crippen molar-refractivity contribution in [2.24, 2.45) is 0 Å². The van der Waals surface area contributed by atoms with Crippen molar-refractivity contribution >= 4 is 0 Å². The monoisotopic (exact) mass is 199 g/mol. The summed E-state index contributed by atoms with van der Waals surface area (Å²) in [6.07, 6.45) is 0. The number of benzene rings is 1. The van der Waals surface area contributed by atoms with Crippen molar-refractivity contribution in [3.8, 4) is 11.3 Å². The van der Waals surface area contributed by atoms with E-state index in [-0.39, 0.29) is 5.56 Å². The lowest BCUT2D eigenvalue weighted by molar-refractivity contribution is 1.18. The van der Waals surface area contributed by atoms with Crippen LogP contribution in [0.3, 0.4) is 0 Å². The molecule has 1 aromatic heterocycles. The Morgan fingerprint density at radius 3 is 2.53 bits per heavy atom. The summed E-state index contributed by atoms with van der Waals surface area (Å²) in [6, 6.07) is 11.9. The molecule has 15 heavy (non-hydrogen) atoms. The van der Waals surface area contributed by atoms with Crippen LogP contribution in [0.5, 0.6) is 0 Å². The second-order valence-corrected chi connectivity index (χ2v) is 3.75. The number of aromatic amines is 1. The molecular formula is C13H13NO. The second-order valence-electron chi connectivity index (χ2n) is 3.75. The van der Waals surface area contributed by atoms with Crippen LogP contribution in [0.25, 0.3) is 11.3 Å². The summed E-state index contributed by atoms with van der Waals surface area (Å²) in [5.74, 6) is 0. The molecule has 0 aliphatic carbocycles. The molecule has 0 atom stereocenters. The van der Waals surface area contributed by atoms with Gasteiger partial charge in [-0.2, -0.15) is 0 Å². The number of hydrogen-bond acceptors (Lipinski definition) is 1. The zero-order valence-electron chi connectivity index (χ0n) is 8.87. The molecule has 0 fully saturated rings. The van der Waals surface area contributed by atoms with Crippen LogP contribution >= 0.6 is 0 Å². The van der Waals surface area contributed by atoms with Crippen molar-refractivity contribution in [3.63, 3.8) is 0 Å². The van der Waals surface area contributed by atoms with E-state index in [1.54, 1.807) is 6.92 Å². The Bertz CT molecular complexity index is 540. The number of rotatable bonds is 1. The van der Waals surface area contributed by atoms with Crippen LogP contribution in [-0.4, -0.2) is 4.98 Å². The molecule has 0 aliphatic rings. The molecule has 0 amide bonds. The van der Waals surface area contributed by atoms with Crippen molar-refractivity contribution in [1.29, 1.82) is 0 Å². The predicted octanol–water partition coefficient (Wildman–Crippen LogP) is 2.66. The highest BCUT2D eigenvalue weighted by molar-refractivity contribution is 5.59. The lowest BCUT2D eigenvalue weighted by Gasteiger charge is -2.02. The van der Waals surface area contributed by atoms with Crippen LogP contribution in [-0.2, 0) is 0 Å². The Kier molecular flexibility index (Phi) is 2.42. The summed E-state index contributed by atoms with van der Waals surface area (Å²) in [7, 11) is 0. The van der Waals surface area contributed by atoms with Gasteiger partial charge >= 0.3 is 0 Å². The van der Waals surface area contributed by atoms with Gasteiger partial charge in [0, 0.05) is 11.3 Å². The van der Waals surface area contributed by atoms with E-state index in [0.29, 0.717) is 0 Å². The first-order valence-electron chi connectivity index (χ1n) is 4.94. The third-order valence-corrected chi connectivity index (χ3v) is 2.44. The van der Waals surface area contributed by atoms with Crippen molar-refractivity contribution < 1.29 is 0 Å². The Hall–Kier alpha value is -1.83. The SMILES string of the molecule is Cc1cccc(-c2ccc(C)c(=O)[nH]2)c1. The lowest BCUT2D eigenvalue weighted by atomic mass is 10.1. The molecule has 2 heteroatoms. The number of aryl methyl sites for hydroxylation is 2. The lowest BCUT2D eigenvalue weighted by Crippen LogP contribution is -2.09. The van der Waals surface area contributed by atoms with Gasteiger partial charge in [0.05, 0.1) is 0 Å². The minimum atomic E-state index is -0.0194. The number of H-pyrrole nitrogens is 1. The highest BCUT2D eigenvalue weighted by Crippen LogP contribution is 2.16. The van der Waals surface area contributed by atoms with Gasteiger partial charge in [0.25, 0.3) is 5.56 Å². The molecule has 0 bridgehead atoms. The molecular weight excluding hydrogens is 186 g/mol. The van der Waals surface area contributed by atoms with E-state index < -0.39 is 0 Å². The molecule has 0 spiro atoms. The van der Waals surface area contributed by atoms with Crippen LogP contribution < -0.4 is 5.56 Å². The number of hydrogen-bond donors (Lipinski definition) is 1. The molecule has 0 saturated heterocycles. The maximum Gasteiger partial charge on any atom is 0.251 e. The summed E-state index contributed by atoms with van der Waals surface area (Å²) >= 11 is 0. The average molecular weight is 199 g/mol. The fourth-order valence-corrected chi connectivity index (χ4v) is 1.53. The summed E-state index contributed by atoms with van der Waals surface area (Å²) in [6.45, 7) is 3.84. The number of pyridine rings is 1. The Morgan fingerprint density at radius 1 is 1.07 bits per heavy atom. The Morgan fingerprint density at radius 2 is 1.87 bits per heavy atom. The van der Waals surface area contributed by atoms with Gasteiger partial charge in [0.2, 0.25) is 0 Å². The highest BCUT2D eigenvalue weighted by atomic mass is 16.1. The maximum atomic E-state index is 11.4. The minimum Gasteiger partial charge on any atom is -0.322 e. The fraction of sp³-hybridized carbons (Fsp3) is 0.154. The fourth-order valence-electron chi connectivity index (χ4n) is 1.53. The van der Waals surface area contributed by atoms with Gasteiger partial charge in [-0.3, -0.25) is 4.79 Å². The van der Waals surface area contributed by atoms with Gasteiger partial charge < -0.3 is 4.98 Å². The van der Waals surface area contributed by atoms with Crippen LogP contribution in [0.1, 0.15) is 11.1 Å². The van der Waals surface area contributed by atoms with E-state index in [9.17, 15) is 4.79 Å². The van der Waals surface area contributed by atoms with E-state index >= 15 is 0 Å². The van der Waals surface area contributed by atoms with E-state index in [4.69, 9.17) is 0 Å². The third-order valence-electron chi connectivity index (χ3n) is 2.44. The first-order valence-corrected chi connectivity index (χ1v) is 4.94. The second kappa shape index (κ2) is 3.73. The molecule has 2 nitrogen and oxygen atoms in total. The first-order chi connectivity index (χ1) is 7.16. The van der Waals surface area contributed by atoms with Crippen molar-refractivity contribution in [3.05, 3.63) is 57.9 Å². The largest absolute Gasteiger partial charge is 0.322 e. The van der Waals surface area contributed by atoms with Crippen molar-refractivity contribution in [1.82, 2.24) is 4.98 Å². The molecule has 1 aromatic carbocycles. The van der Waals surface area contributed by atoms with Gasteiger partial charge in [-0.05, 0) is 31.5 Å². The van der Waals surface area contributed by atoms with E-state index in [1.165, 1.54) is 5.56 Å². The van der Waals surface area contributed by atoms with Crippen molar-refractivity contribution in [2.75, 3.05) is 0 Å². The van der Waals surface area contributed by atoms with Gasteiger partial charge in [0.1, 0.15) is 0 Å². The standard InChI is InChI=1S/C13H13NO/c1-9-4-3-5-11(8-9)12-7-6-10(2)13(15)14-12/h3-8H,1-2H3,(H,14,15). The topological polar surface area (TPSA) is 32.9 Å². The summed E-state index contributed by atoms with van der Waals surface area (Å²) < 4.78 is 0. The third kappa shape index (κ3) is 1.99. The predicted molar refractivity (Wildman–Crippen MR) is 62.0 cm³/mol. The number of nitrogens with one attached hydrogen (secondary N) is 1. The van der Waals surface area contributed by atoms with Crippen molar-refractivity contribution in [2.45, 2.75) is 13.8 Å². The molecule has 0 radical (unpaired) electrons. The van der Waals surface area contributed by atoms with Gasteiger partial charge in [0.15, 0.2) is 0 Å². The van der Waals surface area contributed by atoms with E-state index in [2.05, 4.69) is 11.1 Å². The molecule has 0 saturated carbocycles. The molecule has 1 N–H and O–H groups in total. The van der Waals surface area contributed by atoms with Gasteiger partial charge in [-0.1, -0.05) is 29.8 Å². The summed E-state index contributed by atoms with van der Waals surface area (Å²) in [5.41, 5.74) is 3.83. The summed E-state index contributed by atoms with van der Waals surface area (Å²) in [4.78, 5) is 14.3. The average Bonchev–Trinajstić information content (AvgIpc) is 2.22. The van der Waals surface area contributed by atoms with Gasteiger partial charge in [-0.15, -0.1) is 0 Å². The highest BCUT2D eigenvalue weighted by Gasteiger charge is 1.99. The van der Waals surface area contributed by atoms with Gasteiger partial charge in [-0.25, -0.2) is 0 Å². The zero-order chi connectivity index (χ0) is 10.8. The van der Waals surface area contributed by atoms with E-state index in [1.807, 2.05) is 37.3 Å². The smallest absolute Gasteiger partial charge is 0.251 e. The summed E-state index contributed by atoms with van der Waals surface area (Å²) in [5, 5.41) is 0. The molecule has 76 valence electrons. The molecule has 1 heterocycles.